The monoisotopic (exact) mass is 295 g/mol. The number of aromatic nitrogens is 2. The summed E-state index contributed by atoms with van der Waals surface area (Å²) < 4.78 is 0. The highest BCUT2D eigenvalue weighted by Gasteiger charge is 2.27. The summed E-state index contributed by atoms with van der Waals surface area (Å²) in [5, 5.41) is 6.84. The van der Waals surface area contributed by atoms with Crippen LogP contribution in [0.15, 0.2) is 36.5 Å². The Morgan fingerprint density at radius 3 is 2.77 bits per heavy atom. The van der Waals surface area contributed by atoms with Crippen LogP contribution < -0.4 is 16.4 Å². The highest BCUT2D eigenvalue weighted by atomic mass is 15.2. The van der Waals surface area contributed by atoms with Gasteiger partial charge in [0.25, 0.3) is 0 Å². The normalized spacial score (nSPS) is 23.7. The smallest absolute Gasteiger partial charge is 0.225 e. The van der Waals surface area contributed by atoms with E-state index in [1.54, 1.807) is 6.20 Å². The maximum absolute atomic E-state index is 6.34. The number of aryl methyl sites for hydroxylation is 1. The van der Waals surface area contributed by atoms with Crippen molar-refractivity contribution in [3.05, 3.63) is 47.7 Å². The number of nitrogens with zero attached hydrogens (tertiary/aromatic N) is 2. The van der Waals surface area contributed by atoms with Crippen LogP contribution in [0.4, 0.5) is 11.8 Å². The van der Waals surface area contributed by atoms with Crippen LogP contribution in [0.25, 0.3) is 0 Å². The highest BCUT2D eigenvalue weighted by Crippen LogP contribution is 2.31. The van der Waals surface area contributed by atoms with Crippen LogP contribution in [0, 0.1) is 0 Å². The van der Waals surface area contributed by atoms with Crippen molar-refractivity contribution >= 4 is 11.8 Å². The molecule has 0 spiro atoms. The second kappa shape index (κ2) is 5.57. The first kappa shape index (κ1) is 13.5. The second-order valence-corrected chi connectivity index (χ2v) is 6.21. The van der Waals surface area contributed by atoms with Gasteiger partial charge in [-0.2, -0.15) is 4.98 Å². The molecule has 0 saturated heterocycles. The Hall–Kier alpha value is -2.14. The molecule has 2 aliphatic rings. The minimum Gasteiger partial charge on any atom is -0.367 e. The van der Waals surface area contributed by atoms with Gasteiger partial charge >= 0.3 is 0 Å². The van der Waals surface area contributed by atoms with Crippen molar-refractivity contribution in [2.75, 3.05) is 10.6 Å². The van der Waals surface area contributed by atoms with Gasteiger partial charge in [-0.3, -0.25) is 0 Å². The number of fused-ring (bicyclic) bond motifs is 1. The van der Waals surface area contributed by atoms with Gasteiger partial charge in [0.1, 0.15) is 5.82 Å². The maximum atomic E-state index is 6.34. The number of nitrogens with two attached hydrogens (primary N) is 1. The minimum absolute atomic E-state index is 0.0705. The maximum Gasteiger partial charge on any atom is 0.225 e. The molecule has 0 aliphatic heterocycles. The molecule has 2 aromatic rings. The fraction of sp³-hybridized carbons (Fsp3) is 0.412. The van der Waals surface area contributed by atoms with E-state index in [9.17, 15) is 0 Å². The summed E-state index contributed by atoms with van der Waals surface area (Å²) in [7, 11) is 0. The molecule has 2 atom stereocenters. The van der Waals surface area contributed by atoms with Crippen LogP contribution in [-0.4, -0.2) is 22.1 Å². The molecule has 4 N–H and O–H groups in total. The van der Waals surface area contributed by atoms with E-state index < -0.39 is 0 Å². The van der Waals surface area contributed by atoms with E-state index in [0.717, 1.165) is 18.7 Å². The van der Waals surface area contributed by atoms with Gasteiger partial charge in [0.15, 0.2) is 0 Å². The van der Waals surface area contributed by atoms with Crippen molar-refractivity contribution in [1.29, 1.82) is 0 Å². The lowest BCUT2D eigenvalue weighted by molar-refractivity contribution is 0.503. The van der Waals surface area contributed by atoms with E-state index in [4.69, 9.17) is 5.73 Å². The molecule has 1 aromatic heterocycles. The van der Waals surface area contributed by atoms with Gasteiger partial charge in [-0.25, -0.2) is 4.98 Å². The minimum atomic E-state index is 0.0705. The molecule has 1 fully saturated rings. The molecule has 1 aromatic carbocycles. The SMILES string of the molecule is N[C@H]1CCc2ccccc2[C@H]1Nc1nccc(NC2CC2)n1. The van der Waals surface area contributed by atoms with Gasteiger partial charge in [0.05, 0.1) is 6.04 Å². The summed E-state index contributed by atoms with van der Waals surface area (Å²) >= 11 is 0. The van der Waals surface area contributed by atoms with Gasteiger partial charge < -0.3 is 16.4 Å². The van der Waals surface area contributed by atoms with Crippen molar-refractivity contribution in [1.82, 2.24) is 9.97 Å². The first-order valence-electron chi connectivity index (χ1n) is 7.99. The topological polar surface area (TPSA) is 75.9 Å². The van der Waals surface area contributed by atoms with E-state index in [1.165, 1.54) is 24.0 Å². The Labute approximate surface area is 130 Å². The zero-order valence-corrected chi connectivity index (χ0v) is 12.5. The Morgan fingerprint density at radius 1 is 1.05 bits per heavy atom. The Morgan fingerprint density at radius 2 is 1.91 bits per heavy atom. The number of anilines is 2. The zero-order chi connectivity index (χ0) is 14.9. The van der Waals surface area contributed by atoms with Crippen LogP contribution in [0.3, 0.4) is 0 Å². The van der Waals surface area contributed by atoms with E-state index >= 15 is 0 Å². The number of nitrogens with one attached hydrogen (secondary N) is 2. The highest BCUT2D eigenvalue weighted by molar-refractivity contribution is 5.45. The molecule has 1 saturated carbocycles. The molecule has 22 heavy (non-hydrogen) atoms. The Balaban J connectivity index is 1.57. The van der Waals surface area contributed by atoms with Crippen molar-refractivity contribution in [3.63, 3.8) is 0 Å². The number of benzene rings is 1. The summed E-state index contributed by atoms with van der Waals surface area (Å²) in [6.45, 7) is 0. The number of rotatable bonds is 4. The quantitative estimate of drug-likeness (QED) is 0.808. The van der Waals surface area contributed by atoms with Crippen LogP contribution in [-0.2, 0) is 6.42 Å². The van der Waals surface area contributed by atoms with E-state index in [2.05, 4.69) is 44.9 Å². The number of hydrogen-bond acceptors (Lipinski definition) is 5. The third-order valence-corrected chi connectivity index (χ3v) is 4.43. The second-order valence-electron chi connectivity index (χ2n) is 6.21. The Kier molecular flexibility index (Phi) is 3.42. The molecular formula is C17H21N5. The van der Waals surface area contributed by atoms with Crippen LogP contribution in [0.2, 0.25) is 0 Å². The van der Waals surface area contributed by atoms with Crippen molar-refractivity contribution in [2.24, 2.45) is 5.73 Å². The summed E-state index contributed by atoms with van der Waals surface area (Å²) in [6, 6.07) is 11.1. The summed E-state index contributed by atoms with van der Waals surface area (Å²) in [4.78, 5) is 8.92. The van der Waals surface area contributed by atoms with Crippen LogP contribution >= 0.6 is 0 Å². The van der Waals surface area contributed by atoms with Crippen molar-refractivity contribution in [3.8, 4) is 0 Å². The van der Waals surface area contributed by atoms with Gasteiger partial charge in [-0.15, -0.1) is 0 Å². The van der Waals surface area contributed by atoms with Gasteiger partial charge in [-0.1, -0.05) is 24.3 Å². The third-order valence-electron chi connectivity index (χ3n) is 4.43. The molecule has 4 rings (SSSR count). The van der Waals surface area contributed by atoms with Gasteiger partial charge in [0.2, 0.25) is 5.95 Å². The average Bonchev–Trinajstić information content (AvgIpc) is 3.35. The lowest BCUT2D eigenvalue weighted by Crippen LogP contribution is -2.37. The first-order chi connectivity index (χ1) is 10.8. The lowest BCUT2D eigenvalue weighted by atomic mass is 9.84. The van der Waals surface area contributed by atoms with Gasteiger partial charge in [-0.05, 0) is 42.9 Å². The van der Waals surface area contributed by atoms with E-state index in [1.807, 2.05) is 6.07 Å². The first-order valence-corrected chi connectivity index (χ1v) is 7.99. The molecular weight excluding hydrogens is 274 g/mol. The van der Waals surface area contributed by atoms with Crippen LogP contribution in [0.5, 0.6) is 0 Å². The Bertz CT molecular complexity index is 668. The molecule has 0 unspecified atom stereocenters. The van der Waals surface area contributed by atoms with E-state index in [0.29, 0.717) is 12.0 Å². The van der Waals surface area contributed by atoms with E-state index in [-0.39, 0.29) is 12.1 Å². The molecule has 2 aliphatic carbocycles. The summed E-state index contributed by atoms with van der Waals surface area (Å²) in [6.07, 6.45) is 6.27. The van der Waals surface area contributed by atoms with Crippen LogP contribution in [0.1, 0.15) is 36.4 Å². The summed E-state index contributed by atoms with van der Waals surface area (Å²) in [5.41, 5.74) is 8.98. The van der Waals surface area contributed by atoms with Crippen molar-refractivity contribution < 1.29 is 0 Å². The zero-order valence-electron chi connectivity index (χ0n) is 12.5. The van der Waals surface area contributed by atoms with Gasteiger partial charge in [0, 0.05) is 18.3 Å². The fourth-order valence-electron chi connectivity index (χ4n) is 3.05. The molecule has 5 heteroatoms. The third kappa shape index (κ3) is 2.76. The lowest BCUT2D eigenvalue weighted by Gasteiger charge is -2.31. The largest absolute Gasteiger partial charge is 0.367 e. The molecule has 5 nitrogen and oxygen atoms in total. The molecule has 0 radical (unpaired) electrons. The predicted octanol–water partition coefficient (Wildman–Crippen LogP) is 2.48. The average molecular weight is 295 g/mol. The fourth-order valence-corrected chi connectivity index (χ4v) is 3.05. The standard InChI is InChI=1S/C17H21N5/c18-14-8-5-11-3-1-2-4-13(11)16(14)22-17-19-10-9-15(21-17)20-12-6-7-12/h1-4,9-10,12,14,16H,5-8,18H2,(H2,19,20,21,22)/t14-,16+/m0/s1. The van der Waals surface area contributed by atoms with Crippen molar-refractivity contribution in [2.45, 2.75) is 43.8 Å². The molecule has 114 valence electrons. The molecule has 1 heterocycles. The predicted molar refractivity (Wildman–Crippen MR) is 87.8 cm³/mol. The molecule has 0 amide bonds. The molecule has 0 bridgehead atoms. The summed E-state index contributed by atoms with van der Waals surface area (Å²) in [5.74, 6) is 1.53. The number of hydrogen-bond donors (Lipinski definition) is 3.